The van der Waals surface area contributed by atoms with Crippen molar-refractivity contribution in [2.45, 2.75) is 37.5 Å². The molecule has 0 radical (unpaired) electrons. The van der Waals surface area contributed by atoms with Gasteiger partial charge in [0.05, 0.1) is 0 Å². The average Bonchev–Trinajstić information content (AvgIpc) is 2.12. The molecule has 0 amide bonds. The van der Waals surface area contributed by atoms with Crippen LogP contribution in [0.15, 0.2) is 23.1 Å². The van der Waals surface area contributed by atoms with E-state index in [1.54, 1.807) is 6.07 Å². The van der Waals surface area contributed by atoms with E-state index >= 15 is 0 Å². The van der Waals surface area contributed by atoms with Gasteiger partial charge in [-0.15, -0.1) is 12.6 Å². The quantitative estimate of drug-likeness (QED) is 0.558. The summed E-state index contributed by atoms with van der Waals surface area (Å²) in [4.78, 5) is 0.675. The number of aromatic hydroxyl groups is 1. The highest BCUT2D eigenvalue weighted by atomic mass is 32.1. The van der Waals surface area contributed by atoms with Gasteiger partial charge in [-0.3, -0.25) is 0 Å². The maximum Gasteiger partial charge on any atom is 0.128 e. The van der Waals surface area contributed by atoms with E-state index in [0.717, 1.165) is 6.42 Å². The molecule has 0 aliphatic heterocycles. The Morgan fingerprint density at radius 1 is 1.31 bits per heavy atom. The summed E-state index contributed by atoms with van der Waals surface area (Å²) < 4.78 is 0. The number of aryl methyl sites for hydroxylation is 1. The fourth-order valence-electron chi connectivity index (χ4n) is 1.30. The van der Waals surface area contributed by atoms with Crippen LogP contribution in [0.5, 0.6) is 5.75 Å². The monoisotopic (exact) mass is 196 g/mol. The predicted molar refractivity (Wildman–Crippen MR) is 58.6 cm³/mol. The summed E-state index contributed by atoms with van der Waals surface area (Å²) in [5.41, 5.74) is 1.26. The van der Waals surface area contributed by atoms with Gasteiger partial charge < -0.3 is 5.11 Å². The normalized spacial score (nSPS) is 10.3. The zero-order valence-electron chi connectivity index (χ0n) is 7.95. The standard InChI is InChI=1S/C11H16OS/c1-2-3-4-5-9-6-7-10(12)11(13)8-9/h6-8,12-13H,2-5H2,1H3. The Hall–Kier alpha value is -0.630. The second-order valence-electron chi connectivity index (χ2n) is 3.28. The molecule has 13 heavy (non-hydrogen) atoms. The predicted octanol–water partition coefficient (Wildman–Crippen LogP) is 3.41. The van der Waals surface area contributed by atoms with Gasteiger partial charge in [0, 0.05) is 4.90 Å². The smallest absolute Gasteiger partial charge is 0.128 e. The van der Waals surface area contributed by atoms with Crippen molar-refractivity contribution < 1.29 is 5.11 Å². The van der Waals surface area contributed by atoms with E-state index in [1.165, 1.54) is 24.8 Å². The molecule has 0 bridgehead atoms. The molecule has 0 fully saturated rings. The fourth-order valence-corrected chi connectivity index (χ4v) is 1.54. The average molecular weight is 196 g/mol. The Kier molecular flexibility index (Phi) is 4.16. The summed E-state index contributed by atoms with van der Waals surface area (Å²) in [7, 11) is 0. The summed E-state index contributed by atoms with van der Waals surface area (Å²) in [6.45, 7) is 2.20. The van der Waals surface area contributed by atoms with Crippen LogP contribution in [0.4, 0.5) is 0 Å². The molecule has 1 rings (SSSR count). The van der Waals surface area contributed by atoms with Crippen LogP contribution >= 0.6 is 12.6 Å². The molecule has 1 nitrogen and oxygen atoms in total. The van der Waals surface area contributed by atoms with Crippen LogP contribution in [0, 0.1) is 0 Å². The molecule has 0 saturated heterocycles. The highest BCUT2D eigenvalue weighted by molar-refractivity contribution is 7.80. The number of hydrogen-bond acceptors (Lipinski definition) is 2. The van der Waals surface area contributed by atoms with Crippen molar-refractivity contribution in [2.75, 3.05) is 0 Å². The molecule has 0 aliphatic carbocycles. The Balaban J connectivity index is 2.53. The van der Waals surface area contributed by atoms with Crippen LogP contribution in [-0.4, -0.2) is 5.11 Å². The van der Waals surface area contributed by atoms with Gasteiger partial charge in [-0.2, -0.15) is 0 Å². The molecule has 72 valence electrons. The highest BCUT2D eigenvalue weighted by Crippen LogP contribution is 2.22. The van der Waals surface area contributed by atoms with Crippen molar-refractivity contribution in [3.05, 3.63) is 23.8 Å². The van der Waals surface area contributed by atoms with Gasteiger partial charge in [-0.1, -0.05) is 25.8 Å². The maximum absolute atomic E-state index is 9.24. The Labute approximate surface area is 85.2 Å². The van der Waals surface area contributed by atoms with Crippen LogP contribution < -0.4 is 0 Å². The van der Waals surface area contributed by atoms with Crippen LogP contribution in [0.2, 0.25) is 0 Å². The lowest BCUT2D eigenvalue weighted by Crippen LogP contribution is -1.85. The SMILES string of the molecule is CCCCCc1ccc(O)c(S)c1. The molecule has 0 aliphatic rings. The number of hydrogen-bond donors (Lipinski definition) is 2. The molecule has 1 aromatic carbocycles. The third-order valence-corrected chi connectivity index (χ3v) is 2.47. The largest absolute Gasteiger partial charge is 0.507 e. The molecular formula is C11H16OS. The maximum atomic E-state index is 9.24. The van der Waals surface area contributed by atoms with Crippen LogP contribution in [0.1, 0.15) is 31.7 Å². The number of phenolic OH excluding ortho intramolecular Hbond substituents is 1. The van der Waals surface area contributed by atoms with Crippen molar-refractivity contribution >= 4 is 12.6 Å². The van der Waals surface area contributed by atoms with E-state index in [1.807, 2.05) is 12.1 Å². The van der Waals surface area contributed by atoms with E-state index in [-0.39, 0.29) is 5.75 Å². The fraction of sp³-hybridized carbons (Fsp3) is 0.455. The van der Waals surface area contributed by atoms with Crippen LogP contribution in [-0.2, 0) is 6.42 Å². The topological polar surface area (TPSA) is 20.2 Å². The Bertz CT molecular complexity index is 271. The molecule has 0 spiro atoms. The minimum atomic E-state index is 0.266. The minimum Gasteiger partial charge on any atom is -0.507 e. The van der Waals surface area contributed by atoms with Gasteiger partial charge >= 0.3 is 0 Å². The molecule has 1 aromatic rings. The molecular weight excluding hydrogens is 180 g/mol. The van der Waals surface area contributed by atoms with Gasteiger partial charge in [-0.25, -0.2) is 0 Å². The van der Waals surface area contributed by atoms with Crippen molar-refractivity contribution in [1.82, 2.24) is 0 Å². The number of phenols is 1. The second-order valence-corrected chi connectivity index (χ2v) is 3.76. The molecule has 0 saturated carbocycles. The van der Waals surface area contributed by atoms with E-state index in [9.17, 15) is 5.11 Å². The molecule has 0 heterocycles. The first-order chi connectivity index (χ1) is 6.24. The minimum absolute atomic E-state index is 0.266. The van der Waals surface area contributed by atoms with Gasteiger partial charge in [0.15, 0.2) is 0 Å². The Morgan fingerprint density at radius 3 is 2.69 bits per heavy atom. The number of rotatable bonds is 4. The first kappa shape index (κ1) is 10.5. The van der Waals surface area contributed by atoms with E-state index in [4.69, 9.17) is 0 Å². The first-order valence-corrected chi connectivity index (χ1v) is 5.19. The first-order valence-electron chi connectivity index (χ1n) is 4.75. The molecule has 0 unspecified atom stereocenters. The lowest BCUT2D eigenvalue weighted by molar-refractivity contribution is 0.462. The summed E-state index contributed by atoms with van der Waals surface area (Å²) in [5, 5.41) is 9.24. The number of thiol groups is 1. The molecule has 0 atom stereocenters. The van der Waals surface area contributed by atoms with E-state index < -0.39 is 0 Å². The van der Waals surface area contributed by atoms with E-state index in [0.29, 0.717) is 4.90 Å². The van der Waals surface area contributed by atoms with Crippen molar-refractivity contribution in [1.29, 1.82) is 0 Å². The van der Waals surface area contributed by atoms with Crippen molar-refractivity contribution in [2.24, 2.45) is 0 Å². The molecule has 2 heteroatoms. The third-order valence-electron chi connectivity index (χ3n) is 2.11. The summed E-state index contributed by atoms with van der Waals surface area (Å²) in [6.07, 6.45) is 4.81. The number of unbranched alkanes of at least 4 members (excludes halogenated alkanes) is 2. The summed E-state index contributed by atoms with van der Waals surface area (Å²) in [5.74, 6) is 0.266. The second kappa shape index (κ2) is 5.18. The molecule has 0 aromatic heterocycles. The van der Waals surface area contributed by atoms with Crippen molar-refractivity contribution in [3.63, 3.8) is 0 Å². The van der Waals surface area contributed by atoms with Crippen molar-refractivity contribution in [3.8, 4) is 5.75 Å². The highest BCUT2D eigenvalue weighted by Gasteiger charge is 1.98. The zero-order valence-corrected chi connectivity index (χ0v) is 8.85. The lowest BCUT2D eigenvalue weighted by Gasteiger charge is -2.02. The van der Waals surface area contributed by atoms with Gasteiger partial charge in [0.1, 0.15) is 5.75 Å². The summed E-state index contributed by atoms with van der Waals surface area (Å²) >= 11 is 4.16. The third kappa shape index (κ3) is 3.31. The van der Waals surface area contributed by atoms with Crippen LogP contribution in [0.25, 0.3) is 0 Å². The zero-order chi connectivity index (χ0) is 9.68. The van der Waals surface area contributed by atoms with E-state index in [2.05, 4.69) is 19.6 Å². The van der Waals surface area contributed by atoms with Crippen LogP contribution in [0.3, 0.4) is 0 Å². The summed E-state index contributed by atoms with van der Waals surface area (Å²) in [6, 6.07) is 5.61. The lowest BCUT2D eigenvalue weighted by atomic mass is 10.1. The molecule has 1 N–H and O–H groups in total. The Morgan fingerprint density at radius 2 is 2.08 bits per heavy atom. The van der Waals surface area contributed by atoms with Gasteiger partial charge in [0.2, 0.25) is 0 Å². The number of benzene rings is 1. The van der Waals surface area contributed by atoms with Gasteiger partial charge in [0.25, 0.3) is 0 Å². The van der Waals surface area contributed by atoms with Gasteiger partial charge in [-0.05, 0) is 30.5 Å².